The molecule has 0 atom stereocenters. The summed E-state index contributed by atoms with van der Waals surface area (Å²) in [5.41, 5.74) is -0.0917. The normalized spacial score (nSPS) is 14.1. The van der Waals surface area contributed by atoms with E-state index in [0.717, 1.165) is 5.13 Å². The second kappa shape index (κ2) is 10.9. The molecule has 0 saturated carbocycles. The van der Waals surface area contributed by atoms with Crippen LogP contribution < -0.4 is 10.2 Å². The third kappa shape index (κ3) is 5.81. The monoisotopic (exact) mass is 473 g/mol. The zero-order valence-corrected chi connectivity index (χ0v) is 18.7. The Morgan fingerprint density at radius 3 is 2.77 bits per heavy atom. The largest absolute Gasteiger partial charge is 0.383 e. The fourth-order valence-electron chi connectivity index (χ4n) is 2.82. The molecule has 12 heteroatoms. The first-order valence-electron chi connectivity index (χ1n) is 9.19. The summed E-state index contributed by atoms with van der Waals surface area (Å²) in [5, 5.41) is 11.9. The molecule has 0 aliphatic carbocycles. The van der Waals surface area contributed by atoms with Crippen LogP contribution in [0.25, 0.3) is 0 Å². The van der Waals surface area contributed by atoms with Crippen LogP contribution in [0.1, 0.15) is 10.4 Å². The average molecular weight is 474 g/mol. The molecule has 1 saturated heterocycles. The highest BCUT2D eigenvalue weighted by Crippen LogP contribution is 2.29. The molecule has 2 aromatic rings. The van der Waals surface area contributed by atoms with E-state index in [9.17, 15) is 14.0 Å². The van der Waals surface area contributed by atoms with E-state index < -0.39 is 11.7 Å². The summed E-state index contributed by atoms with van der Waals surface area (Å²) in [6.45, 7) is 2.89. The van der Waals surface area contributed by atoms with E-state index in [1.165, 1.54) is 41.3 Å². The summed E-state index contributed by atoms with van der Waals surface area (Å²) >= 11 is 8.73. The van der Waals surface area contributed by atoms with Crippen molar-refractivity contribution in [3.8, 4) is 0 Å². The van der Waals surface area contributed by atoms with Gasteiger partial charge in [-0.25, -0.2) is 4.39 Å². The number of hydrogen-bond donors (Lipinski definition) is 1. The van der Waals surface area contributed by atoms with Crippen LogP contribution in [0.3, 0.4) is 0 Å². The molecule has 1 aliphatic rings. The molecule has 2 heterocycles. The number of thioether (sulfide) groups is 1. The number of carbonyl (C=O) groups is 2. The van der Waals surface area contributed by atoms with Gasteiger partial charge in [-0.05, 0) is 12.1 Å². The highest BCUT2D eigenvalue weighted by molar-refractivity contribution is 8.01. The Kier molecular flexibility index (Phi) is 8.25. The quantitative estimate of drug-likeness (QED) is 0.464. The van der Waals surface area contributed by atoms with Gasteiger partial charge in [0.1, 0.15) is 5.82 Å². The molecule has 30 heavy (non-hydrogen) atoms. The number of aromatic nitrogens is 2. The van der Waals surface area contributed by atoms with E-state index in [1.807, 2.05) is 4.90 Å². The van der Waals surface area contributed by atoms with Crippen molar-refractivity contribution < 1.29 is 18.7 Å². The number of anilines is 1. The van der Waals surface area contributed by atoms with Crippen molar-refractivity contribution in [1.29, 1.82) is 0 Å². The number of rotatable bonds is 8. The molecular weight excluding hydrogens is 453 g/mol. The smallest absolute Gasteiger partial charge is 0.258 e. The predicted octanol–water partition coefficient (Wildman–Crippen LogP) is 2.15. The van der Waals surface area contributed by atoms with Crippen molar-refractivity contribution in [3.05, 3.63) is 34.6 Å². The molecule has 2 amide bonds. The van der Waals surface area contributed by atoms with Gasteiger partial charge in [-0.15, -0.1) is 10.2 Å². The number of piperazine rings is 1. The number of benzene rings is 1. The minimum absolute atomic E-state index is 0.0901. The molecule has 1 N–H and O–H groups in total. The molecule has 0 spiro atoms. The van der Waals surface area contributed by atoms with Crippen molar-refractivity contribution in [2.45, 2.75) is 4.34 Å². The van der Waals surface area contributed by atoms with Crippen molar-refractivity contribution >= 4 is 51.6 Å². The third-order valence-corrected chi connectivity index (χ3v) is 6.80. The predicted molar refractivity (Wildman–Crippen MR) is 115 cm³/mol. The number of carbonyl (C=O) groups excluding carboxylic acids is 2. The minimum Gasteiger partial charge on any atom is -0.383 e. The highest BCUT2D eigenvalue weighted by atomic mass is 35.5. The minimum atomic E-state index is -0.619. The summed E-state index contributed by atoms with van der Waals surface area (Å²) in [4.78, 5) is 28.0. The number of ether oxygens (including phenoxy) is 1. The third-order valence-electron chi connectivity index (χ3n) is 4.36. The van der Waals surface area contributed by atoms with Gasteiger partial charge in [0.2, 0.25) is 11.0 Å². The van der Waals surface area contributed by atoms with Crippen LogP contribution in [-0.4, -0.2) is 79.1 Å². The van der Waals surface area contributed by atoms with Gasteiger partial charge in [0.25, 0.3) is 5.91 Å². The van der Waals surface area contributed by atoms with E-state index in [-0.39, 0.29) is 22.2 Å². The number of nitrogens with one attached hydrogen (secondary N) is 1. The molecule has 1 fully saturated rings. The van der Waals surface area contributed by atoms with Crippen LogP contribution >= 0.6 is 34.7 Å². The van der Waals surface area contributed by atoms with Gasteiger partial charge in [-0.3, -0.25) is 9.59 Å². The highest BCUT2D eigenvalue weighted by Gasteiger charge is 2.27. The van der Waals surface area contributed by atoms with Gasteiger partial charge in [-0.2, -0.15) is 0 Å². The lowest BCUT2D eigenvalue weighted by Gasteiger charge is -2.34. The Morgan fingerprint density at radius 2 is 2.07 bits per heavy atom. The van der Waals surface area contributed by atoms with Crippen molar-refractivity contribution in [1.82, 2.24) is 20.4 Å². The average Bonchev–Trinajstić information content (AvgIpc) is 3.21. The van der Waals surface area contributed by atoms with Gasteiger partial charge in [0, 0.05) is 39.8 Å². The van der Waals surface area contributed by atoms with Crippen LogP contribution in [0, 0.1) is 5.82 Å². The van der Waals surface area contributed by atoms with Crippen molar-refractivity contribution in [3.63, 3.8) is 0 Å². The molecule has 1 aromatic heterocycles. The van der Waals surface area contributed by atoms with Gasteiger partial charge in [0.15, 0.2) is 4.34 Å². The van der Waals surface area contributed by atoms with E-state index in [1.54, 1.807) is 12.0 Å². The maximum atomic E-state index is 14.0. The molecular formula is C18H21ClFN5O3S2. The Labute approximate surface area is 186 Å². The fraction of sp³-hybridized carbons (Fsp3) is 0.444. The number of halogens is 2. The van der Waals surface area contributed by atoms with E-state index in [2.05, 4.69) is 15.5 Å². The molecule has 0 unspecified atom stereocenters. The zero-order valence-electron chi connectivity index (χ0n) is 16.3. The second-order valence-electron chi connectivity index (χ2n) is 6.36. The summed E-state index contributed by atoms with van der Waals surface area (Å²) in [5.74, 6) is -0.866. The van der Waals surface area contributed by atoms with Gasteiger partial charge in [0.05, 0.1) is 22.9 Å². The topological polar surface area (TPSA) is 87.7 Å². The number of amides is 2. The molecule has 1 aromatic carbocycles. The first kappa shape index (κ1) is 22.7. The molecule has 0 radical (unpaired) electrons. The van der Waals surface area contributed by atoms with Gasteiger partial charge in [-0.1, -0.05) is 40.8 Å². The fourth-order valence-corrected chi connectivity index (χ4v) is 4.79. The number of nitrogens with zero attached hydrogens (tertiary/aromatic N) is 4. The Bertz CT molecular complexity index is 872. The number of hydrogen-bond acceptors (Lipinski definition) is 8. The van der Waals surface area contributed by atoms with Crippen LogP contribution in [0.2, 0.25) is 5.02 Å². The lowest BCUT2D eigenvalue weighted by Crippen LogP contribution is -2.49. The number of methoxy groups -OCH3 is 1. The standard InChI is InChI=1S/C18H21ClFN5O3S2/c1-28-10-5-21-14(26)11-29-18-23-22-17(30-18)25-8-6-24(7-9-25)16(27)15-12(19)3-2-4-13(15)20/h2-4H,5-11H2,1H3,(H,21,26). The summed E-state index contributed by atoms with van der Waals surface area (Å²) in [6.07, 6.45) is 0. The van der Waals surface area contributed by atoms with Gasteiger partial charge >= 0.3 is 0 Å². The molecule has 3 rings (SSSR count). The van der Waals surface area contributed by atoms with Crippen molar-refractivity contribution in [2.24, 2.45) is 0 Å². The van der Waals surface area contributed by atoms with E-state index in [4.69, 9.17) is 16.3 Å². The molecule has 0 bridgehead atoms. The first-order valence-corrected chi connectivity index (χ1v) is 11.4. The zero-order chi connectivity index (χ0) is 21.5. The van der Waals surface area contributed by atoms with Crippen LogP contribution in [-0.2, 0) is 9.53 Å². The van der Waals surface area contributed by atoms with Crippen LogP contribution in [0.4, 0.5) is 9.52 Å². The van der Waals surface area contributed by atoms with E-state index in [0.29, 0.717) is 43.7 Å². The second-order valence-corrected chi connectivity index (χ2v) is 8.94. The molecule has 1 aliphatic heterocycles. The summed E-state index contributed by atoms with van der Waals surface area (Å²) in [7, 11) is 1.58. The lowest BCUT2D eigenvalue weighted by atomic mass is 10.1. The summed E-state index contributed by atoms with van der Waals surface area (Å²) in [6, 6.07) is 4.21. The first-order chi connectivity index (χ1) is 14.5. The molecule has 162 valence electrons. The van der Waals surface area contributed by atoms with Gasteiger partial charge < -0.3 is 19.9 Å². The van der Waals surface area contributed by atoms with Crippen molar-refractivity contribution in [2.75, 3.05) is 57.1 Å². The Morgan fingerprint density at radius 1 is 1.30 bits per heavy atom. The maximum absolute atomic E-state index is 14.0. The SMILES string of the molecule is COCCNC(=O)CSc1nnc(N2CCN(C(=O)c3c(F)cccc3Cl)CC2)s1. The van der Waals surface area contributed by atoms with Crippen LogP contribution in [0.15, 0.2) is 22.5 Å². The Hall–Kier alpha value is -1.95. The lowest BCUT2D eigenvalue weighted by molar-refractivity contribution is -0.118. The summed E-state index contributed by atoms with van der Waals surface area (Å²) < 4.78 is 19.6. The maximum Gasteiger partial charge on any atom is 0.258 e. The molecule has 8 nitrogen and oxygen atoms in total. The van der Waals surface area contributed by atoms with E-state index >= 15 is 0 Å². The van der Waals surface area contributed by atoms with Crippen LogP contribution in [0.5, 0.6) is 0 Å². The Balaban J connectivity index is 1.50.